The van der Waals surface area contributed by atoms with Gasteiger partial charge in [-0.05, 0) is 25.5 Å². The van der Waals surface area contributed by atoms with Gasteiger partial charge in [0, 0.05) is 17.5 Å². The standard InChI is InChI=1S/C12H8Cl2.2C2H4O2.Pd/c13-11-8-4-7-10(12(11)14)9-5-2-1-3-6-9;2*1-2(3)4;/h1-8H;2*1H3,(H,3,4);/q;;;+2/p-2. The van der Waals surface area contributed by atoms with Gasteiger partial charge in [0.2, 0.25) is 0 Å². The average molecular weight is 448 g/mol. The van der Waals surface area contributed by atoms with Crippen LogP contribution in [-0.4, -0.2) is 11.9 Å². The molecule has 4 nitrogen and oxygen atoms in total. The van der Waals surface area contributed by atoms with Crippen molar-refractivity contribution in [2.24, 2.45) is 0 Å². The van der Waals surface area contributed by atoms with Crippen LogP contribution in [0.25, 0.3) is 11.1 Å². The quantitative estimate of drug-likeness (QED) is 0.628. The Morgan fingerprint density at radius 2 is 1.26 bits per heavy atom. The summed E-state index contributed by atoms with van der Waals surface area (Å²) in [5, 5.41) is 19.0. The summed E-state index contributed by atoms with van der Waals surface area (Å²) in [6.45, 7) is 1.94. The summed E-state index contributed by atoms with van der Waals surface area (Å²) in [7, 11) is 0. The molecule has 0 aliphatic rings. The summed E-state index contributed by atoms with van der Waals surface area (Å²) in [5.41, 5.74) is 2.06. The number of aliphatic carboxylic acids is 2. The number of carbonyl (C=O) groups is 2. The van der Waals surface area contributed by atoms with Gasteiger partial charge in [0.05, 0.1) is 10.0 Å². The first-order chi connectivity index (χ1) is 10.3. The minimum absolute atomic E-state index is 0. The van der Waals surface area contributed by atoms with Crippen LogP contribution < -0.4 is 10.2 Å². The SMILES string of the molecule is CC(=O)[O-].CC(=O)[O-].Clc1cccc(-c2ccccc2)c1Cl.[Pd+2]. The van der Waals surface area contributed by atoms with Crippen LogP contribution in [0.3, 0.4) is 0 Å². The molecule has 0 spiro atoms. The van der Waals surface area contributed by atoms with Gasteiger partial charge in [0.25, 0.3) is 0 Å². The van der Waals surface area contributed by atoms with Crippen LogP contribution in [0, 0.1) is 0 Å². The Morgan fingerprint density at radius 1 is 0.826 bits per heavy atom. The Morgan fingerprint density at radius 3 is 1.70 bits per heavy atom. The fraction of sp³-hybridized carbons (Fsp3) is 0.125. The molecule has 0 heterocycles. The van der Waals surface area contributed by atoms with E-state index >= 15 is 0 Å². The van der Waals surface area contributed by atoms with Gasteiger partial charge in [0.1, 0.15) is 0 Å². The summed E-state index contributed by atoms with van der Waals surface area (Å²) < 4.78 is 0. The van der Waals surface area contributed by atoms with E-state index in [4.69, 9.17) is 43.0 Å². The molecule has 0 N–H and O–H groups in total. The number of carbonyl (C=O) groups excluding carboxylic acids is 2. The van der Waals surface area contributed by atoms with E-state index in [9.17, 15) is 0 Å². The fourth-order valence-corrected chi connectivity index (χ4v) is 1.75. The molecular formula is C16H14Cl2O4Pd. The molecule has 0 saturated carbocycles. The first-order valence-electron chi connectivity index (χ1n) is 6.10. The second-order valence-corrected chi connectivity index (χ2v) is 4.74. The van der Waals surface area contributed by atoms with E-state index in [0.29, 0.717) is 10.0 Å². The number of halogens is 2. The maximum atomic E-state index is 8.89. The maximum absolute atomic E-state index is 8.89. The largest absolute Gasteiger partial charge is 2.00 e. The molecule has 0 amide bonds. The van der Waals surface area contributed by atoms with Crippen LogP contribution in [0.15, 0.2) is 48.5 Å². The van der Waals surface area contributed by atoms with Crippen LogP contribution in [0.4, 0.5) is 0 Å². The number of benzene rings is 2. The fourth-order valence-electron chi connectivity index (χ4n) is 1.34. The number of carboxylic acids is 2. The molecule has 126 valence electrons. The molecule has 0 atom stereocenters. The maximum Gasteiger partial charge on any atom is 2.00 e. The Labute approximate surface area is 158 Å². The van der Waals surface area contributed by atoms with Gasteiger partial charge in [-0.3, -0.25) is 0 Å². The van der Waals surface area contributed by atoms with Crippen LogP contribution in [0.1, 0.15) is 13.8 Å². The van der Waals surface area contributed by atoms with Crippen molar-refractivity contribution in [2.75, 3.05) is 0 Å². The van der Waals surface area contributed by atoms with Gasteiger partial charge in [-0.2, -0.15) is 0 Å². The molecule has 2 aromatic rings. The van der Waals surface area contributed by atoms with Crippen LogP contribution in [0.2, 0.25) is 10.0 Å². The zero-order valence-corrected chi connectivity index (χ0v) is 15.4. The van der Waals surface area contributed by atoms with Crippen molar-refractivity contribution in [3.63, 3.8) is 0 Å². The van der Waals surface area contributed by atoms with Crippen molar-refractivity contribution >= 4 is 35.1 Å². The zero-order valence-electron chi connectivity index (χ0n) is 12.3. The zero-order chi connectivity index (χ0) is 17.1. The van der Waals surface area contributed by atoms with Crippen LogP contribution in [0.5, 0.6) is 0 Å². The van der Waals surface area contributed by atoms with Gasteiger partial charge >= 0.3 is 20.4 Å². The van der Waals surface area contributed by atoms with Crippen molar-refractivity contribution < 1.29 is 40.2 Å². The van der Waals surface area contributed by atoms with Gasteiger partial charge in [0.15, 0.2) is 0 Å². The number of carboxylic acid groups (broad SMARTS) is 2. The monoisotopic (exact) mass is 446 g/mol. The van der Waals surface area contributed by atoms with Gasteiger partial charge in [-0.15, -0.1) is 0 Å². The Bertz CT molecular complexity index is 599. The molecule has 0 unspecified atom stereocenters. The average Bonchev–Trinajstić information content (AvgIpc) is 2.42. The summed E-state index contributed by atoms with van der Waals surface area (Å²) in [6.07, 6.45) is 0. The molecule has 7 heteroatoms. The summed E-state index contributed by atoms with van der Waals surface area (Å²) in [5.74, 6) is -2.17. The van der Waals surface area contributed by atoms with E-state index < -0.39 is 11.9 Å². The molecule has 0 aliphatic carbocycles. The molecule has 0 bridgehead atoms. The second kappa shape index (κ2) is 13.1. The van der Waals surface area contributed by atoms with Crippen LogP contribution in [-0.2, 0) is 30.0 Å². The predicted octanol–water partition coefficient (Wildman–Crippen LogP) is 2.17. The normalized spacial score (nSPS) is 8.35. The number of rotatable bonds is 1. The number of hydrogen-bond donors (Lipinski definition) is 0. The summed E-state index contributed by atoms with van der Waals surface area (Å²) in [4.78, 5) is 17.8. The van der Waals surface area contributed by atoms with E-state index in [2.05, 4.69) is 0 Å². The molecule has 2 aromatic carbocycles. The van der Waals surface area contributed by atoms with E-state index in [-0.39, 0.29) is 20.4 Å². The van der Waals surface area contributed by atoms with Crippen molar-refractivity contribution in [2.45, 2.75) is 13.8 Å². The minimum Gasteiger partial charge on any atom is -0.550 e. The molecule has 0 radical (unpaired) electrons. The van der Waals surface area contributed by atoms with Crippen molar-refractivity contribution in [1.29, 1.82) is 0 Å². The van der Waals surface area contributed by atoms with Crippen molar-refractivity contribution in [3.8, 4) is 11.1 Å². The molecule has 23 heavy (non-hydrogen) atoms. The topological polar surface area (TPSA) is 80.3 Å². The van der Waals surface area contributed by atoms with E-state index in [1.807, 2.05) is 42.5 Å². The van der Waals surface area contributed by atoms with E-state index in [0.717, 1.165) is 25.0 Å². The molecule has 0 aliphatic heterocycles. The first kappa shape index (κ1) is 23.9. The van der Waals surface area contributed by atoms with Gasteiger partial charge in [-0.25, -0.2) is 0 Å². The molecule has 0 saturated heterocycles. The third kappa shape index (κ3) is 11.8. The third-order valence-corrected chi connectivity index (χ3v) is 2.86. The van der Waals surface area contributed by atoms with Crippen molar-refractivity contribution in [3.05, 3.63) is 58.6 Å². The van der Waals surface area contributed by atoms with Gasteiger partial charge in [-0.1, -0.05) is 65.7 Å². The number of hydrogen-bond acceptors (Lipinski definition) is 4. The Balaban J connectivity index is 0. The molecule has 0 fully saturated rings. The summed E-state index contributed by atoms with van der Waals surface area (Å²) >= 11 is 12.0. The predicted molar refractivity (Wildman–Crippen MR) is 83.3 cm³/mol. The summed E-state index contributed by atoms with van der Waals surface area (Å²) in [6, 6.07) is 15.6. The Kier molecular flexibility index (Phi) is 13.6. The van der Waals surface area contributed by atoms with E-state index in [1.54, 1.807) is 6.07 Å². The van der Waals surface area contributed by atoms with E-state index in [1.165, 1.54) is 0 Å². The smallest absolute Gasteiger partial charge is 0.550 e. The van der Waals surface area contributed by atoms with Crippen LogP contribution >= 0.6 is 23.2 Å². The van der Waals surface area contributed by atoms with Gasteiger partial charge < -0.3 is 19.8 Å². The minimum atomic E-state index is -1.08. The Hall–Kier alpha value is -1.38. The molecule has 0 aromatic heterocycles. The third-order valence-electron chi connectivity index (χ3n) is 2.04. The van der Waals surface area contributed by atoms with Crippen molar-refractivity contribution in [1.82, 2.24) is 0 Å². The molecule has 2 rings (SSSR count). The second-order valence-electron chi connectivity index (χ2n) is 3.95. The first-order valence-corrected chi connectivity index (χ1v) is 6.86. The molecular weight excluding hydrogens is 433 g/mol.